The number of nitrogens with zero attached hydrogens (tertiary/aromatic N) is 4. The highest BCUT2D eigenvalue weighted by Crippen LogP contribution is 2.32. The van der Waals surface area contributed by atoms with Gasteiger partial charge in [-0.25, -0.2) is 14.8 Å². The van der Waals surface area contributed by atoms with Gasteiger partial charge in [-0.1, -0.05) is 11.8 Å². The van der Waals surface area contributed by atoms with Crippen molar-refractivity contribution in [3.8, 4) is 11.4 Å². The molecule has 2 aromatic rings. The monoisotopic (exact) mass is 318 g/mol. The number of thioether (sulfide) groups is 1. The van der Waals surface area contributed by atoms with E-state index in [4.69, 9.17) is 4.74 Å². The molecule has 116 valence electrons. The van der Waals surface area contributed by atoms with E-state index in [1.807, 2.05) is 12.5 Å². The van der Waals surface area contributed by atoms with Crippen molar-refractivity contribution < 1.29 is 9.53 Å². The number of fused-ring (bicyclic) bond motifs is 3. The van der Waals surface area contributed by atoms with Crippen molar-refractivity contribution >= 4 is 17.7 Å². The molecule has 0 unspecified atom stereocenters. The quantitative estimate of drug-likeness (QED) is 0.491. The molecule has 0 bridgehead atoms. The van der Waals surface area contributed by atoms with E-state index in [2.05, 4.69) is 15.1 Å². The average Bonchev–Trinajstić information content (AvgIpc) is 2.74. The lowest BCUT2D eigenvalue weighted by molar-refractivity contribution is 0.0512. The molecule has 0 atom stereocenters. The number of hydrogen-bond acceptors (Lipinski definition) is 6. The van der Waals surface area contributed by atoms with Crippen LogP contribution in [0, 0.1) is 0 Å². The Hall–Kier alpha value is -1.89. The Morgan fingerprint density at radius 1 is 1.41 bits per heavy atom. The van der Waals surface area contributed by atoms with E-state index in [0.717, 1.165) is 46.9 Å². The Bertz CT molecular complexity index is 727. The zero-order valence-electron chi connectivity index (χ0n) is 12.9. The molecule has 1 aliphatic carbocycles. The third kappa shape index (κ3) is 2.49. The minimum atomic E-state index is -0.318. The van der Waals surface area contributed by atoms with Crippen LogP contribution in [-0.4, -0.2) is 38.6 Å². The Morgan fingerprint density at radius 2 is 2.23 bits per heavy atom. The summed E-state index contributed by atoms with van der Waals surface area (Å²) in [6.07, 6.45) is 6.46. The second kappa shape index (κ2) is 6.08. The minimum absolute atomic E-state index is 0.318. The lowest BCUT2D eigenvalue weighted by atomic mass is 10.1. The highest BCUT2D eigenvalue weighted by atomic mass is 32.2. The zero-order chi connectivity index (χ0) is 15.7. The van der Waals surface area contributed by atoms with Gasteiger partial charge in [0.1, 0.15) is 11.4 Å². The van der Waals surface area contributed by atoms with E-state index >= 15 is 0 Å². The molecule has 0 aromatic carbocycles. The maximum atomic E-state index is 12.2. The molecule has 0 saturated heterocycles. The van der Waals surface area contributed by atoms with Crippen LogP contribution in [0.4, 0.5) is 0 Å². The summed E-state index contributed by atoms with van der Waals surface area (Å²) in [7, 11) is 1.78. The van der Waals surface area contributed by atoms with Crippen LogP contribution in [0.2, 0.25) is 0 Å². The summed E-state index contributed by atoms with van der Waals surface area (Å²) in [5.74, 6) is -0.318. The van der Waals surface area contributed by atoms with E-state index in [1.54, 1.807) is 18.7 Å². The largest absolute Gasteiger partial charge is 0.461 e. The first-order valence-electron chi connectivity index (χ1n) is 7.29. The van der Waals surface area contributed by atoms with Crippen molar-refractivity contribution in [2.24, 2.45) is 7.05 Å². The van der Waals surface area contributed by atoms with Crippen LogP contribution >= 0.6 is 11.8 Å². The first-order chi connectivity index (χ1) is 10.7. The first-order valence-corrected chi connectivity index (χ1v) is 8.51. The number of carbonyl (C=O) groups is 1. The molecule has 3 rings (SSSR count). The average molecular weight is 318 g/mol. The number of rotatable bonds is 3. The van der Waals surface area contributed by atoms with Gasteiger partial charge >= 0.3 is 5.97 Å². The smallest absolute Gasteiger partial charge is 0.356 e. The van der Waals surface area contributed by atoms with E-state index in [-0.39, 0.29) is 5.97 Å². The van der Waals surface area contributed by atoms with Crippen LogP contribution in [-0.2, 0) is 24.6 Å². The van der Waals surface area contributed by atoms with Gasteiger partial charge in [0, 0.05) is 18.8 Å². The normalized spacial score (nSPS) is 13.2. The number of ether oxygens (including phenoxy) is 1. The van der Waals surface area contributed by atoms with Gasteiger partial charge in [-0.3, -0.25) is 4.68 Å². The van der Waals surface area contributed by atoms with Crippen LogP contribution in [0.25, 0.3) is 11.4 Å². The van der Waals surface area contributed by atoms with Gasteiger partial charge in [-0.15, -0.1) is 0 Å². The Morgan fingerprint density at radius 3 is 2.95 bits per heavy atom. The molecular formula is C15H18N4O2S. The maximum absolute atomic E-state index is 12.2. The van der Waals surface area contributed by atoms with E-state index < -0.39 is 0 Å². The third-order valence-corrected chi connectivity index (χ3v) is 4.30. The molecule has 6 nitrogen and oxygen atoms in total. The van der Waals surface area contributed by atoms with Gasteiger partial charge in [0.2, 0.25) is 0 Å². The molecular weight excluding hydrogens is 300 g/mol. The van der Waals surface area contributed by atoms with Gasteiger partial charge in [-0.2, -0.15) is 5.10 Å². The van der Waals surface area contributed by atoms with E-state index in [1.165, 1.54) is 11.8 Å². The van der Waals surface area contributed by atoms with Gasteiger partial charge in [-0.05, 0) is 38.0 Å². The number of aryl methyl sites for hydroxylation is 2. The summed E-state index contributed by atoms with van der Waals surface area (Å²) in [5.41, 5.74) is 4.19. The SMILES string of the molecule is CCOC(=O)c1c2c(nn1C)-c1nc(SC)ncc1CCC2. The summed E-state index contributed by atoms with van der Waals surface area (Å²) in [4.78, 5) is 21.2. The molecule has 0 spiro atoms. The number of hydrogen-bond donors (Lipinski definition) is 0. The van der Waals surface area contributed by atoms with Crippen molar-refractivity contribution in [1.82, 2.24) is 19.7 Å². The molecule has 22 heavy (non-hydrogen) atoms. The first kappa shape index (κ1) is 15.0. The van der Waals surface area contributed by atoms with Gasteiger partial charge in [0.05, 0.1) is 12.3 Å². The molecule has 0 N–H and O–H groups in total. The second-order valence-corrected chi connectivity index (χ2v) is 5.88. The molecule has 0 radical (unpaired) electrons. The van der Waals surface area contributed by atoms with Crippen LogP contribution < -0.4 is 0 Å². The lowest BCUT2D eigenvalue weighted by Crippen LogP contribution is -2.12. The highest BCUT2D eigenvalue weighted by molar-refractivity contribution is 7.98. The number of carbonyl (C=O) groups excluding carboxylic acids is 1. The van der Waals surface area contributed by atoms with Gasteiger partial charge < -0.3 is 4.74 Å². The Balaban J connectivity index is 2.17. The highest BCUT2D eigenvalue weighted by Gasteiger charge is 2.28. The van der Waals surface area contributed by atoms with Crippen LogP contribution in [0.1, 0.15) is 35.0 Å². The molecule has 0 aliphatic heterocycles. The number of aromatic nitrogens is 4. The number of esters is 1. The molecule has 2 aromatic heterocycles. The van der Waals surface area contributed by atoms with Crippen molar-refractivity contribution in [3.63, 3.8) is 0 Å². The fraction of sp³-hybridized carbons (Fsp3) is 0.467. The van der Waals surface area contributed by atoms with Crippen LogP contribution in [0.15, 0.2) is 11.4 Å². The second-order valence-electron chi connectivity index (χ2n) is 5.10. The standard InChI is InChI=1S/C15H18N4O2S/c1-4-21-14(20)13-10-7-5-6-9-8-16-15(22-3)17-11(9)12(10)18-19(13)2/h8H,4-7H2,1-3H3. The van der Waals surface area contributed by atoms with Gasteiger partial charge in [0.25, 0.3) is 0 Å². The molecule has 0 amide bonds. The van der Waals surface area contributed by atoms with E-state index in [0.29, 0.717) is 12.3 Å². The summed E-state index contributed by atoms with van der Waals surface area (Å²) in [5, 5.41) is 5.27. The minimum Gasteiger partial charge on any atom is -0.461 e. The fourth-order valence-electron chi connectivity index (χ4n) is 2.78. The Kier molecular flexibility index (Phi) is 4.15. The van der Waals surface area contributed by atoms with Crippen LogP contribution in [0.3, 0.4) is 0 Å². The van der Waals surface area contributed by atoms with Crippen LogP contribution in [0.5, 0.6) is 0 Å². The fourth-order valence-corrected chi connectivity index (χ4v) is 3.12. The maximum Gasteiger partial charge on any atom is 0.356 e. The summed E-state index contributed by atoms with van der Waals surface area (Å²) < 4.78 is 6.78. The molecule has 1 aliphatic rings. The topological polar surface area (TPSA) is 69.9 Å². The van der Waals surface area contributed by atoms with Gasteiger partial charge in [0.15, 0.2) is 5.16 Å². The summed E-state index contributed by atoms with van der Waals surface area (Å²) in [6.45, 7) is 2.16. The molecule has 0 fully saturated rings. The lowest BCUT2D eigenvalue weighted by Gasteiger charge is -2.04. The molecule has 0 saturated carbocycles. The van der Waals surface area contributed by atoms with Crippen molar-refractivity contribution in [3.05, 3.63) is 23.0 Å². The van der Waals surface area contributed by atoms with Crippen molar-refractivity contribution in [1.29, 1.82) is 0 Å². The Labute approximate surface area is 133 Å². The van der Waals surface area contributed by atoms with E-state index in [9.17, 15) is 4.79 Å². The molecule has 7 heteroatoms. The predicted molar refractivity (Wildman–Crippen MR) is 84.0 cm³/mol. The molecule has 2 heterocycles. The van der Waals surface area contributed by atoms with Crippen molar-refractivity contribution in [2.45, 2.75) is 31.3 Å². The van der Waals surface area contributed by atoms with Crippen molar-refractivity contribution in [2.75, 3.05) is 12.9 Å². The summed E-state index contributed by atoms with van der Waals surface area (Å²) >= 11 is 1.50. The third-order valence-electron chi connectivity index (χ3n) is 3.74. The summed E-state index contributed by atoms with van der Waals surface area (Å²) in [6, 6.07) is 0. The predicted octanol–water partition coefficient (Wildman–Crippen LogP) is 2.26. The zero-order valence-corrected chi connectivity index (χ0v) is 13.7.